The highest BCUT2D eigenvalue weighted by atomic mass is 32.1. The Labute approximate surface area is 147 Å². The van der Waals surface area contributed by atoms with E-state index in [9.17, 15) is 8.78 Å². The molecule has 0 aliphatic heterocycles. The maximum Gasteiger partial charge on any atom is 0.166 e. The van der Waals surface area contributed by atoms with E-state index in [2.05, 4.69) is 28.4 Å². The molecule has 25 heavy (non-hydrogen) atoms. The molecule has 0 saturated heterocycles. The first-order valence-corrected chi connectivity index (χ1v) is 8.67. The van der Waals surface area contributed by atoms with E-state index < -0.39 is 11.6 Å². The molecule has 4 rings (SSSR count). The molecule has 3 heterocycles. The summed E-state index contributed by atoms with van der Waals surface area (Å²) in [6.07, 6.45) is 0. The summed E-state index contributed by atoms with van der Waals surface area (Å²) in [5, 5.41) is 8.88. The average molecular weight is 358 g/mol. The largest absolute Gasteiger partial charge is 0.363 e. The normalized spacial score (nSPS) is 11.6. The number of hydrogen-bond donors (Lipinski definition) is 1. The Bertz CT molecular complexity index is 1110. The quantitative estimate of drug-likeness (QED) is 0.578. The van der Waals surface area contributed by atoms with E-state index in [0.717, 1.165) is 38.0 Å². The number of benzene rings is 1. The van der Waals surface area contributed by atoms with Gasteiger partial charge in [0.25, 0.3) is 0 Å². The van der Waals surface area contributed by atoms with Crippen molar-refractivity contribution in [2.75, 3.05) is 5.32 Å². The Morgan fingerprint density at radius 2 is 1.96 bits per heavy atom. The first kappa shape index (κ1) is 16.0. The molecule has 7 heteroatoms. The van der Waals surface area contributed by atoms with Gasteiger partial charge >= 0.3 is 0 Å². The van der Waals surface area contributed by atoms with E-state index >= 15 is 0 Å². The van der Waals surface area contributed by atoms with Gasteiger partial charge in [0.1, 0.15) is 4.83 Å². The molecular weight excluding hydrogens is 342 g/mol. The summed E-state index contributed by atoms with van der Waals surface area (Å²) < 4.78 is 29.3. The number of nitrogens with zero attached hydrogens (tertiary/aromatic N) is 3. The Morgan fingerprint density at radius 1 is 1.16 bits per heavy atom. The number of hydrogen-bond acceptors (Lipinski definition) is 4. The van der Waals surface area contributed by atoms with Crippen LogP contribution in [0.1, 0.15) is 16.8 Å². The molecule has 3 aromatic heterocycles. The van der Waals surface area contributed by atoms with Crippen LogP contribution in [0.15, 0.2) is 24.3 Å². The second kappa shape index (κ2) is 5.77. The van der Waals surface area contributed by atoms with Crippen LogP contribution in [0.25, 0.3) is 20.4 Å². The molecule has 4 aromatic rings. The lowest BCUT2D eigenvalue weighted by molar-refractivity contribution is 0.507. The monoisotopic (exact) mass is 358 g/mol. The van der Waals surface area contributed by atoms with Gasteiger partial charge in [-0.2, -0.15) is 5.10 Å². The van der Waals surface area contributed by atoms with Crippen molar-refractivity contribution in [3.05, 3.63) is 52.7 Å². The summed E-state index contributed by atoms with van der Waals surface area (Å²) in [5.74, 6) is -0.963. The Kier molecular flexibility index (Phi) is 3.68. The molecule has 4 nitrogen and oxygen atoms in total. The van der Waals surface area contributed by atoms with Crippen LogP contribution >= 0.6 is 11.3 Å². The van der Waals surface area contributed by atoms with Crippen LogP contribution in [0.4, 0.5) is 14.6 Å². The third-order valence-electron chi connectivity index (χ3n) is 4.19. The fourth-order valence-electron chi connectivity index (χ4n) is 3.09. The minimum Gasteiger partial charge on any atom is -0.363 e. The Hall–Kier alpha value is -2.54. The van der Waals surface area contributed by atoms with Crippen molar-refractivity contribution in [2.24, 2.45) is 7.05 Å². The molecule has 0 aliphatic rings. The molecule has 1 N–H and O–H groups in total. The predicted molar refractivity (Wildman–Crippen MR) is 97.1 cm³/mol. The number of rotatable bonds is 3. The topological polar surface area (TPSA) is 42.7 Å². The van der Waals surface area contributed by atoms with Crippen molar-refractivity contribution >= 4 is 37.6 Å². The third-order valence-corrected chi connectivity index (χ3v) is 5.27. The summed E-state index contributed by atoms with van der Waals surface area (Å²) in [4.78, 5) is 5.61. The number of aromatic nitrogens is 3. The maximum absolute atomic E-state index is 13.4. The third kappa shape index (κ3) is 2.64. The summed E-state index contributed by atoms with van der Waals surface area (Å²) in [6, 6.07) is 5.96. The molecule has 0 unspecified atom stereocenters. The van der Waals surface area contributed by atoms with Crippen LogP contribution in [0.5, 0.6) is 0 Å². The second-order valence-corrected chi connectivity index (χ2v) is 7.11. The van der Waals surface area contributed by atoms with Gasteiger partial charge in [0.05, 0.1) is 10.2 Å². The van der Waals surface area contributed by atoms with Crippen molar-refractivity contribution in [1.29, 1.82) is 0 Å². The van der Waals surface area contributed by atoms with E-state index in [1.807, 2.05) is 18.7 Å². The summed E-state index contributed by atoms with van der Waals surface area (Å²) in [5.41, 5.74) is 3.85. The van der Waals surface area contributed by atoms with Crippen molar-refractivity contribution < 1.29 is 8.78 Å². The van der Waals surface area contributed by atoms with Crippen LogP contribution in [-0.4, -0.2) is 14.8 Å². The molecule has 0 fully saturated rings. The standard InChI is InChI=1S/C18H16F2N4S/c1-9-6-10(2)22-18-14(9)15-16(25-18)17(23-24(15)3)21-8-11-4-5-12(19)13(20)7-11/h4-7H,8H2,1-3H3,(H,21,23). The minimum atomic E-state index is -0.845. The van der Waals surface area contributed by atoms with Gasteiger partial charge < -0.3 is 5.32 Å². The molecular formula is C18H16F2N4S. The average Bonchev–Trinajstić information content (AvgIpc) is 3.06. The first-order valence-electron chi connectivity index (χ1n) is 7.85. The number of thiophene rings is 1. The van der Waals surface area contributed by atoms with Gasteiger partial charge in [-0.05, 0) is 43.2 Å². The zero-order valence-electron chi connectivity index (χ0n) is 14.0. The fourth-order valence-corrected chi connectivity index (χ4v) is 4.37. The molecule has 0 radical (unpaired) electrons. The molecule has 0 amide bonds. The Morgan fingerprint density at radius 3 is 2.72 bits per heavy atom. The van der Waals surface area contributed by atoms with Gasteiger partial charge in [-0.3, -0.25) is 4.68 Å². The van der Waals surface area contributed by atoms with E-state index in [-0.39, 0.29) is 0 Å². The van der Waals surface area contributed by atoms with Gasteiger partial charge in [-0.15, -0.1) is 11.3 Å². The predicted octanol–water partition coefficient (Wildman–Crippen LogP) is 4.69. The van der Waals surface area contributed by atoms with E-state index in [1.54, 1.807) is 17.4 Å². The van der Waals surface area contributed by atoms with Gasteiger partial charge in [0.2, 0.25) is 0 Å². The smallest absolute Gasteiger partial charge is 0.166 e. The molecule has 128 valence electrons. The van der Waals surface area contributed by atoms with Crippen LogP contribution in [0.3, 0.4) is 0 Å². The summed E-state index contributed by atoms with van der Waals surface area (Å²) >= 11 is 1.59. The lowest BCUT2D eigenvalue weighted by Crippen LogP contribution is -2.02. The Balaban J connectivity index is 1.75. The highest BCUT2D eigenvalue weighted by Gasteiger charge is 2.18. The van der Waals surface area contributed by atoms with Crippen molar-refractivity contribution in [2.45, 2.75) is 20.4 Å². The second-order valence-electron chi connectivity index (χ2n) is 6.11. The maximum atomic E-state index is 13.4. The summed E-state index contributed by atoms with van der Waals surface area (Å²) in [7, 11) is 1.90. The SMILES string of the molecule is Cc1cc(C)c2c(n1)sc1c(NCc3ccc(F)c(F)c3)nn(C)c12. The van der Waals surface area contributed by atoms with Gasteiger partial charge in [0.15, 0.2) is 17.5 Å². The van der Waals surface area contributed by atoms with Crippen LogP contribution in [0.2, 0.25) is 0 Å². The van der Waals surface area contributed by atoms with E-state index in [4.69, 9.17) is 0 Å². The minimum absolute atomic E-state index is 0.364. The molecule has 0 saturated carbocycles. The highest BCUT2D eigenvalue weighted by Crippen LogP contribution is 2.38. The van der Waals surface area contributed by atoms with Crippen LogP contribution < -0.4 is 5.32 Å². The zero-order valence-corrected chi connectivity index (χ0v) is 14.8. The molecule has 0 spiro atoms. The fraction of sp³-hybridized carbons (Fsp3) is 0.222. The van der Waals surface area contributed by atoms with Gasteiger partial charge in [0, 0.05) is 24.7 Å². The molecule has 0 atom stereocenters. The highest BCUT2D eigenvalue weighted by molar-refractivity contribution is 7.26. The lowest BCUT2D eigenvalue weighted by Gasteiger charge is -2.04. The van der Waals surface area contributed by atoms with Crippen LogP contribution in [-0.2, 0) is 13.6 Å². The molecule has 1 aromatic carbocycles. The van der Waals surface area contributed by atoms with E-state index in [0.29, 0.717) is 12.1 Å². The zero-order chi connectivity index (χ0) is 17.7. The van der Waals surface area contributed by atoms with Crippen molar-refractivity contribution in [3.8, 4) is 0 Å². The lowest BCUT2D eigenvalue weighted by atomic mass is 10.1. The number of fused-ring (bicyclic) bond motifs is 3. The first-order chi connectivity index (χ1) is 11.9. The number of anilines is 1. The number of pyridine rings is 1. The van der Waals surface area contributed by atoms with Crippen molar-refractivity contribution in [1.82, 2.24) is 14.8 Å². The molecule has 0 aliphatic carbocycles. The van der Waals surface area contributed by atoms with Gasteiger partial charge in [-0.25, -0.2) is 13.8 Å². The number of halogens is 2. The summed E-state index contributed by atoms with van der Waals surface area (Å²) in [6.45, 7) is 4.42. The number of nitrogens with one attached hydrogen (secondary N) is 1. The van der Waals surface area contributed by atoms with Crippen molar-refractivity contribution in [3.63, 3.8) is 0 Å². The van der Waals surface area contributed by atoms with Crippen LogP contribution in [0, 0.1) is 25.5 Å². The van der Waals surface area contributed by atoms with E-state index in [1.165, 1.54) is 11.6 Å². The molecule has 0 bridgehead atoms. The van der Waals surface area contributed by atoms with Gasteiger partial charge in [-0.1, -0.05) is 6.07 Å². The number of aryl methyl sites for hydroxylation is 3.